The van der Waals surface area contributed by atoms with Crippen molar-refractivity contribution >= 4 is 5.97 Å². The van der Waals surface area contributed by atoms with Crippen LogP contribution in [0.5, 0.6) is 0 Å². The second-order valence-electron chi connectivity index (χ2n) is 5.46. The average molecular weight is 279 g/mol. The summed E-state index contributed by atoms with van der Waals surface area (Å²) in [4.78, 5) is 11.8. The van der Waals surface area contributed by atoms with Crippen LogP contribution >= 0.6 is 0 Å². The molecule has 1 aromatic rings. The Labute approximate surface area is 120 Å². The molecule has 1 heterocycles. The Kier molecular flexibility index (Phi) is 5.59. The van der Waals surface area contributed by atoms with Gasteiger partial charge in [0.2, 0.25) is 0 Å². The van der Waals surface area contributed by atoms with Crippen molar-refractivity contribution in [3.8, 4) is 0 Å². The van der Waals surface area contributed by atoms with E-state index in [0.717, 1.165) is 38.6 Å². The molecule has 20 heavy (non-hydrogen) atoms. The van der Waals surface area contributed by atoms with Crippen LogP contribution in [0.4, 0.5) is 0 Å². The number of carbonyl (C=O) groups excluding carboxylic acids is 1. The maximum atomic E-state index is 11.8. The largest absolute Gasteiger partial charge is 0.466 e. The molecule has 1 aromatic heterocycles. The van der Waals surface area contributed by atoms with E-state index in [1.54, 1.807) is 0 Å². The molecule has 0 spiro atoms. The zero-order valence-electron chi connectivity index (χ0n) is 12.5. The van der Waals surface area contributed by atoms with Gasteiger partial charge in [-0.3, -0.25) is 9.48 Å². The summed E-state index contributed by atoms with van der Waals surface area (Å²) in [5.41, 5.74) is 1.23. The quantitative estimate of drug-likeness (QED) is 0.805. The maximum absolute atomic E-state index is 11.8. The van der Waals surface area contributed by atoms with Crippen molar-refractivity contribution in [3.05, 3.63) is 18.0 Å². The Bertz CT molecular complexity index is 431. The van der Waals surface area contributed by atoms with E-state index in [1.165, 1.54) is 5.69 Å². The highest BCUT2D eigenvalue weighted by Crippen LogP contribution is 2.25. The zero-order chi connectivity index (χ0) is 14.4. The number of hydrogen-bond acceptors (Lipinski definition) is 4. The number of ether oxygens (including phenoxy) is 1. The molecule has 2 rings (SSSR count). The van der Waals surface area contributed by atoms with E-state index in [1.807, 2.05) is 30.9 Å². The van der Waals surface area contributed by atoms with Crippen molar-refractivity contribution in [1.29, 1.82) is 0 Å². The van der Waals surface area contributed by atoms with Gasteiger partial charge in [0.1, 0.15) is 0 Å². The van der Waals surface area contributed by atoms with Crippen molar-refractivity contribution in [3.63, 3.8) is 0 Å². The van der Waals surface area contributed by atoms with Crippen LogP contribution < -0.4 is 5.32 Å². The summed E-state index contributed by atoms with van der Waals surface area (Å²) in [6.07, 6.45) is 6.93. The molecule has 1 saturated carbocycles. The minimum atomic E-state index is -0.0226. The number of esters is 1. The van der Waals surface area contributed by atoms with Crippen LogP contribution in [0.15, 0.2) is 12.3 Å². The molecule has 0 bridgehead atoms. The van der Waals surface area contributed by atoms with E-state index < -0.39 is 0 Å². The number of hydrogen-bond donors (Lipinski definition) is 1. The van der Waals surface area contributed by atoms with Crippen LogP contribution in [-0.2, 0) is 23.0 Å². The topological polar surface area (TPSA) is 56.1 Å². The van der Waals surface area contributed by atoms with Crippen LogP contribution in [-0.4, -0.2) is 34.9 Å². The van der Waals surface area contributed by atoms with Crippen molar-refractivity contribution in [2.24, 2.45) is 13.0 Å². The second-order valence-corrected chi connectivity index (χ2v) is 5.46. The molecule has 5 heteroatoms. The Balaban J connectivity index is 1.73. The van der Waals surface area contributed by atoms with Gasteiger partial charge in [-0.1, -0.05) is 6.42 Å². The van der Waals surface area contributed by atoms with Crippen LogP contribution in [0.3, 0.4) is 0 Å². The van der Waals surface area contributed by atoms with Crippen molar-refractivity contribution in [2.75, 3.05) is 13.2 Å². The van der Waals surface area contributed by atoms with Crippen molar-refractivity contribution < 1.29 is 9.53 Å². The lowest BCUT2D eigenvalue weighted by atomic mass is 9.85. The second kappa shape index (κ2) is 7.43. The van der Waals surface area contributed by atoms with Crippen molar-refractivity contribution in [1.82, 2.24) is 15.1 Å². The first-order chi connectivity index (χ1) is 9.70. The fourth-order valence-corrected chi connectivity index (χ4v) is 2.90. The Hall–Kier alpha value is -1.36. The Morgan fingerprint density at radius 1 is 1.55 bits per heavy atom. The smallest absolute Gasteiger partial charge is 0.308 e. The molecular weight excluding hydrogens is 254 g/mol. The van der Waals surface area contributed by atoms with Gasteiger partial charge < -0.3 is 10.1 Å². The summed E-state index contributed by atoms with van der Waals surface area (Å²) in [6.45, 7) is 3.28. The lowest BCUT2D eigenvalue weighted by Crippen LogP contribution is -2.38. The van der Waals surface area contributed by atoms with Gasteiger partial charge in [-0.15, -0.1) is 0 Å². The molecule has 0 amide bonds. The third-order valence-corrected chi connectivity index (χ3v) is 4.03. The fraction of sp³-hybridized carbons (Fsp3) is 0.733. The van der Waals surface area contributed by atoms with Gasteiger partial charge in [0, 0.05) is 37.9 Å². The molecule has 5 nitrogen and oxygen atoms in total. The molecule has 0 aromatic carbocycles. The summed E-state index contributed by atoms with van der Waals surface area (Å²) in [5.74, 6) is 0.0588. The standard InChI is InChI=1S/C15H25N3O2/c1-3-20-15(19)12-5-4-6-13(11-12)16-9-7-14-8-10-17-18(14)2/h8,10,12-13,16H,3-7,9,11H2,1-2H3. The minimum absolute atomic E-state index is 0.0226. The summed E-state index contributed by atoms with van der Waals surface area (Å²) < 4.78 is 7.04. The van der Waals surface area contributed by atoms with Gasteiger partial charge in [-0.25, -0.2) is 0 Å². The molecule has 112 valence electrons. The highest BCUT2D eigenvalue weighted by Gasteiger charge is 2.27. The fourth-order valence-electron chi connectivity index (χ4n) is 2.90. The number of rotatable bonds is 6. The van der Waals surface area contributed by atoms with Crippen molar-refractivity contribution in [2.45, 2.75) is 45.1 Å². The highest BCUT2D eigenvalue weighted by atomic mass is 16.5. The zero-order valence-corrected chi connectivity index (χ0v) is 12.5. The number of carbonyl (C=O) groups is 1. The van der Waals surface area contributed by atoms with E-state index in [0.29, 0.717) is 12.6 Å². The Morgan fingerprint density at radius 3 is 3.10 bits per heavy atom. The predicted molar refractivity (Wildman–Crippen MR) is 77.3 cm³/mol. The number of nitrogens with one attached hydrogen (secondary N) is 1. The first-order valence-electron chi connectivity index (χ1n) is 7.57. The normalized spacial score (nSPS) is 22.7. The molecule has 2 unspecified atom stereocenters. The van der Waals surface area contributed by atoms with E-state index in [2.05, 4.69) is 10.4 Å². The predicted octanol–water partition coefficient (Wildman–Crippen LogP) is 1.67. The summed E-state index contributed by atoms with van der Waals surface area (Å²) in [6, 6.07) is 2.48. The van der Waals surface area contributed by atoms with E-state index in [-0.39, 0.29) is 11.9 Å². The van der Waals surface area contributed by atoms with E-state index >= 15 is 0 Å². The van der Waals surface area contributed by atoms with Gasteiger partial charge in [-0.05, 0) is 32.3 Å². The lowest BCUT2D eigenvalue weighted by Gasteiger charge is -2.28. The molecule has 1 aliphatic carbocycles. The van der Waals surface area contributed by atoms with Crippen LogP contribution in [0.2, 0.25) is 0 Å². The molecule has 0 aliphatic heterocycles. The number of nitrogens with zero attached hydrogens (tertiary/aromatic N) is 2. The van der Waals surface area contributed by atoms with Crippen LogP contribution in [0.1, 0.15) is 38.3 Å². The first-order valence-corrected chi connectivity index (χ1v) is 7.57. The van der Waals surface area contributed by atoms with Crippen LogP contribution in [0.25, 0.3) is 0 Å². The van der Waals surface area contributed by atoms with Gasteiger partial charge >= 0.3 is 5.97 Å². The van der Waals surface area contributed by atoms with E-state index in [4.69, 9.17) is 4.74 Å². The summed E-state index contributed by atoms with van der Waals surface area (Å²) >= 11 is 0. The lowest BCUT2D eigenvalue weighted by molar-refractivity contribution is -0.149. The monoisotopic (exact) mass is 279 g/mol. The highest BCUT2D eigenvalue weighted by molar-refractivity contribution is 5.72. The molecule has 1 fully saturated rings. The molecule has 2 atom stereocenters. The Morgan fingerprint density at radius 2 is 2.40 bits per heavy atom. The van der Waals surface area contributed by atoms with Crippen LogP contribution in [0, 0.1) is 5.92 Å². The minimum Gasteiger partial charge on any atom is -0.466 e. The average Bonchev–Trinajstić information content (AvgIpc) is 2.85. The molecule has 1 aliphatic rings. The maximum Gasteiger partial charge on any atom is 0.308 e. The third-order valence-electron chi connectivity index (χ3n) is 4.03. The number of aromatic nitrogens is 2. The summed E-state index contributed by atoms with van der Waals surface area (Å²) in [7, 11) is 1.97. The van der Waals surface area contributed by atoms with Gasteiger partial charge in [-0.2, -0.15) is 5.10 Å². The van der Waals surface area contributed by atoms with E-state index in [9.17, 15) is 4.79 Å². The van der Waals surface area contributed by atoms with Gasteiger partial charge in [0.25, 0.3) is 0 Å². The molecule has 0 saturated heterocycles. The van der Waals surface area contributed by atoms with Gasteiger partial charge in [0.05, 0.1) is 12.5 Å². The molecule has 1 N–H and O–H groups in total. The SMILES string of the molecule is CCOC(=O)C1CCCC(NCCc2ccnn2C)C1. The third kappa shape index (κ3) is 4.07. The van der Waals surface area contributed by atoms with Gasteiger partial charge in [0.15, 0.2) is 0 Å². The first kappa shape index (κ1) is 15.0. The number of aryl methyl sites for hydroxylation is 1. The molecule has 0 radical (unpaired) electrons. The summed E-state index contributed by atoms with van der Waals surface area (Å²) in [5, 5.41) is 7.73. The molecular formula is C15H25N3O2.